The van der Waals surface area contributed by atoms with Crippen molar-refractivity contribution in [3.05, 3.63) is 36.7 Å². The molecule has 0 fully saturated rings. The predicted octanol–water partition coefficient (Wildman–Crippen LogP) is 1.21. The van der Waals surface area contributed by atoms with Crippen LogP contribution in [0, 0.1) is 0 Å². The highest BCUT2D eigenvalue weighted by molar-refractivity contribution is 5.91. The summed E-state index contributed by atoms with van der Waals surface area (Å²) in [7, 11) is 1.58. The van der Waals surface area contributed by atoms with Gasteiger partial charge in [-0.3, -0.25) is 14.3 Å². The quantitative estimate of drug-likeness (QED) is 0.673. The first-order valence-corrected chi connectivity index (χ1v) is 7.57. The van der Waals surface area contributed by atoms with Crippen LogP contribution in [-0.4, -0.2) is 35.2 Å². The average molecular weight is 331 g/mol. The molecule has 1 heterocycles. The predicted molar refractivity (Wildman–Crippen MR) is 90.8 cm³/mol. The summed E-state index contributed by atoms with van der Waals surface area (Å²) < 4.78 is 6.52. The lowest BCUT2D eigenvalue weighted by Gasteiger charge is -2.06. The number of methoxy groups -OCH3 is 1. The van der Waals surface area contributed by atoms with E-state index in [9.17, 15) is 9.59 Å². The molecule has 0 unspecified atom stereocenters. The number of ether oxygens (including phenoxy) is 1. The van der Waals surface area contributed by atoms with Crippen molar-refractivity contribution >= 4 is 23.2 Å². The van der Waals surface area contributed by atoms with Gasteiger partial charge in [-0.25, -0.2) is 0 Å². The number of nitrogens with zero attached hydrogens (tertiary/aromatic N) is 2. The van der Waals surface area contributed by atoms with E-state index in [4.69, 9.17) is 10.5 Å². The first-order chi connectivity index (χ1) is 11.6. The summed E-state index contributed by atoms with van der Waals surface area (Å²) >= 11 is 0. The van der Waals surface area contributed by atoms with Crippen molar-refractivity contribution in [1.29, 1.82) is 0 Å². The number of carbonyl (C=O) groups excluding carboxylic acids is 2. The van der Waals surface area contributed by atoms with E-state index in [-0.39, 0.29) is 18.4 Å². The van der Waals surface area contributed by atoms with E-state index in [1.165, 1.54) is 10.9 Å². The molecule has 2 rings (SSSR count). The third kappa shape index (κ3) is 5.40. The van der Waals surface area contributed by atoms with Gasteiger partial charge in [0, 0.05) is 18.3 Å². The lowest BCUT2D eigenvalue weighted by atomic mass is 10.3. The van der Waals surface area contributed by atoms with Crippen LogP contribution in [0.5, 0.6) is 5.75 Å². The van der Waals surface area contributed by atoms with E-state index in [1.54, 1.807) is 37.6 Å². The van der Waals surface area contributed by atoms with Crippen LogP contribution in [0.4, 0.5) is 11.4 Å². The molecule has 0 saturated heterocycles. The Hall–Kier alpha value is -2.87. The van der Waals surface area contributed by atoms with E-state index in [2.05, 4.69) is 15.7 Å². The molecule has 0 atom stereocenters. The number of nitrogens with one attached hydrogen (secondary N) is 2. The fraction of sp³-hybridized carbons (Fsp3) is 0.312. The molecule has 2 amide bonds. The number of anilines is 2. The van der Waals surface area contributed by atoms with Crippen molar-refractivity contribution in [2.45, 2.75) is 19.4 Å². The fourth-order valence-corrected chi connectivity index (χ4v) is 2.02. The Labute approximate surface area is 140 Å². The van der Waals surface area contributed by atoms with Gasteiger partial charge in [0.25, 0.3) is 0 Å². The SMILES string of the molecule is COc1ccc(NC(=O)Cn2cc(NC(=O)CCCN)cn2)cc1. The van der Waals surface area contributed by atoms with Gasteiger partial charge < -0.3 is 21.1 Å². The van der Waals surface area contributed by atoms with Gasteiger partial charge in [-0.15, -0.1) is 0 Å². The molecule has 0 radical (unpaired) electrons. The van der Waals surface area contributed by atoms with E-state index >= 15 is 0 Å². The van der Waals surface area contributed by atoms with Crippen molar-refractivity contribution < 1.29 is 14.3 Å². The van der Waals surface area contributed by atoms with Gasteiger partial charge >= 0.3 is 0 Å². The van der Waals surface area contributed by atoms with Crippen LogP contribution in [0.3, 0.4) is 0 Å². The highest BCUT2D eigenvalue weighted by atomic mass is 16.5. The monoisotopic (exact) mass is 331 g/mol. The molecule has 2 aromatic rings. The summed E-state index contributed by atoms with van der Waals surface area (Å²) in [5.41, 5.74) is 6.58. The Morgan fingerprint density at radius 2 is 1.88 bits per heavy atom. The lowest BCUT2D eigenvalue weighted by molar-refractivity contribution is -0.117. The third-order valence-corrected chi connectivity index (χ3v) is 3.20. The van der Waals surface area contributed by atoms with Gasteiger partial charge in [0.2, 0.25) is 11.8 Å². The third-order valence-electron chi connectivity index (χ3n) is 3.20. The number of carbonyl (C=O) groups is 2. The maximum Gasteiger partial charge on any atom is 0.246 e. The largest absolute Gasteiger partial charge is 0.497 e. The van der Waals surface area contributed by atoms with Crippen molar-refractivity contribution in [3.63, 3.8) is 0 Å². The fourth-order valence-electron chi connectivity index (χ4n) is 2.02. The number of aromatic nitrogens is 2. The van der Waals surface area contributed by atoms with Gasteiger partial charge in [0.05, 0.1) is 19.0 Å². The van der Waals surface area contributed by atoms with Gasteiger partial charge in [0.15, 0.2) is 0 Å². The molecule has 0 spiro atoms. The van der Waals surface area contributed by atoms with Crippen LogP contribution < -0.4 is 21.1 Å². The van der Waals surface area contributed by atoms with Gasteiger partial charge in [-0.05, 0) is 37.2 Å². The summed E-state index contributed by atoms with van der Waals surface area (Å²) in [6.45, 7) is 0.517. The first-order valence-electron chi connectivity index (χ1n) is 7.57. The molecule has 4 N–H and O–H groups in total. The average Bonchev–Trinajstić information content (AvgIpc) is 3.00. The standard InChI is InChI=1S/C16H21N5O3/c1-24-14-6-4-12(5-7-14)19-16(23)11-21-10-13(9-18-21)20-15(22)3-2-8-17/h4-7,9-10H,2-3,8,11,17H2,1H3,(H,19,23)(H,20,22). The van der Waals surface area contributed by atoms with Crippen molar-refractivity contribution in [1.82, 2.24) is 9.78 Å². The smallest absolute Gasteiger partial charge is 0.246 e. The molecular formula is C16H21N5O3. The Kier molecular flexibility index (Phi) is 6.32. The first kappa shape index (κ1) is 17.5. The van der Waals surface area contributed by atoms with Crippen molar-refractivity contribution in [3.8, 4) is 5.75 Å². The topological polar surface area (TPSA) is 111 Å². The van der Waals surface area contributed by atoms with E-state index < -0.39 is 0 Å². The maximum atomic E-state index is 12.0. The molecule has 0 saturated carbocycles. The van der Waals surface area contributed by atoms with Crippen molar-refractivity contribution in [2.75, 3.05) is 24.3 Å². The van der Waals surface area contributed by atoms with Crippen LogP contribution in [0.2, 0.25) is 0 Å². The Bertz CT molecular complexity index is 681. The molecular weight excluding hydrogens is 310 g/mol. The molecule has 24 heavy (non-hydrogen) atoms. The zero-order chi connectivity index (χ0) is 17.4. The summed E-state index contributed by atoms with van der Waals surface area (Å²) in [6.07, 6.45) is 4.10. The van der Waals surface area contributed by atoms with Crippen LogP contribution in [0.25, 0.3) is 0 Å². The van der Waals surface area contributed by atoms with Crippen LogP contribution in [0.15, 0.2) is 36.7 Å². The summed E-state index contributed by atoms with van der Waals surface area (Å²) in [4.78, 5) is 23.6. The molecule has 0 aliphatic rings. The molecule has 0 bridgehead atoms. The van der Waals surface area contributed by atoms with E-state index in [0.717, 1.165) is 5.75 Å². The maximum absolute atomic E-state index is 12.0. The number of amides is 2. The normalized spacial score (nSPS) is 10.2. The molecule has 1 aromatic heterocycles. The Morgan fingerprint density at radius 3 is 2.54 bits per heavy atom. The summed E-state index contributed by atoms with van der Waals surface area (Å²) in [5.74, 6) is 0.377. The number of nitrogens with two attached hydrogens (primary N) is 1. The highest BCUT2D eigenvalue weighted by Gasteiger charge is 2.07. The van der Waals surface area contributed by atoms with Gasteiger partial charge in [-0.2, -0.15) is 5.10 Å². The summed E-state index contributed by atoms with van der Waals surface area (Å²) in [5, 5.41) is 9.53. The zero-order valence-electron chi connectivity index (χ0n) is 13.5. The number of rotatable bonds is 8. The molecule has 8 heteroatoms. The minimum absolute atomic E-state index is 0.0463. The minimum atomic E-state index is -0.218. The van der Waals surface area contributed by atoms with Crippen LogP contribution in [0.1, 0.15) is 12.8 Å². The number of hydrogen-bond acceptors (Lipinski definition) is 5. The second-order valence-electron chi connectivity index (χ2n) is 5.14. The minimum Gasteiger partial charge on any atom is -0.497 e. The molecule has 0 aliphatic carbocycles. The van der Waals surface area contributed by atoms with E-state index in [0.29, 0.717) is 30.8 Å². The van der Waals surface area contributed by atoms with Crippen LogP contribution >= 0.6 is 0 Å². The molecule has 1 aromatic carbocycles. The Balaban J connectivity index is 1.84. The van der Waals surface area contributed by atoms with Crippen molar-refractivity contribution in [2.24, 2.45) is 5.73 Å². The molecule has 8 nitrogen and oxygen atoms in total. The Morgan fingerprint density at radius 1 is 1.17 bits per heavy atom. The van der Waals surface area contributed by atoms with Crippen LogP contribution in [-0.2, 0) is 16.1 Å². The second kappa shape index (κ2) is 8.68. The number of benzene rings is 1. The van der Waals surface area contributed by atoms with Gasteiger partial charge in [0.1, 0.15) is 12.3 Å². The lowest BCUT2D eigenvalue weighted by Crippen LogP contribution is -2.19. The van der Waals surface area contributed by atoms with E-state index in [1.807, 2.05) is 0 Å². The highest BCUT2D eigenvalue weighted by Crippen LogP contribution is 2.15. The van der Waals surface area contributed by atoms with Gasteiger partial charge in [-0.1, -0.05) is 0 Å². The summed E-state index contributed by atoms with van der Waals surface area (Å²) in [6, 6.07) is 7.03. The molecule has 0 aliphatic heterocycles. The number of hydrogen-bond donors (Lipinski definition) is 3. The molecule has 128 valence electrons. The second-order valence-corrected chi connectivity index (χ2v) is 5.14. The zero-order valence-corrected chi connectivity index (χ0v) is 13.5.